The number of likely N-dealkylation sites (tertiary alicyclic amines) is 1. The van der Waals surface area contributed by atoms with E-state index < -0.39 is 0 Å². The Kier molecular flexibility index (Phi) is 2.94. The highest BCUT2D eigenvalue weighted by molar-refractivity contribution is 4.90. The van der Waals surface area contributed by atoms with Crippen LogP contribution < -0.4 is 0 Å². The molecule has 0 bridgehead atoms. The molecule has 1 aliphatic rings. The molecule has 1 fully saturated rings. The number of nitrogens with zero attached hydrogens (tertiary/aromatic N) is 1. The maximum absolute atomic E-state index is 2.66. The van der Waals surface area contributed by atoms with E-state index in [0.717, 1.165) is 0 Å². The SMILES string of the molecule is CCCN1CCC[C@]1(C)CC. The van der Waals surface area contributed by atoms with Gasteiger partial charge in [-0.05, 0) is 45.7 Å². The highest BCUT2D eigenvalue weighted by Crippen LogP contribution is 2.31. The van der Waals surface area contributed by atoms with Crippen LogP contribution in [0.15, 0.2) is 0 Å². The van der Waals surface area contributed by atoms with Gasteiger partial charge in [0.2, 0.25) is 0 Å². The van der Waals surface area contributed by atoms with Crippen molar-refractivity contribution < 1.29 is 0 Å². The third kappa shape index (κ3) is 1.76. The van der Waals surface area contributed by atoms with Gasteiger partial charge in [0.25, 0.3) is 0 Å². The van der Waals surface area contributed by atoms with Gasteiger partial charge in [-0.15, -0.1) is 0 Å². The molecule has 1 atom stereocenters. The first kappa shape index (κ1) is 9.05. The van der Waals surface area contributed by atoms with Crippen LogP contribution in [0.4, 0.5) is 0 Å². The average molecular weight is 155 g/mol. The molecule has 0 aliphatic carbocycles. The first-order chi connectivity index (χ1) is 5.23. The summed E-state index contributed by atoms with van der Waals surface area (Å²) in [6.45, 7) is 9.63. The monoisotopic (exact) mass is 155 g/mol. The summed E-state index contributed by atoms with van der Waals surface area (Å²) >= 11 is 0. The van der Waals surface area contributed by atoms with Gasteiger partial charge in [0.15, 0.2) is 0 Å². The lowest BCUT2D eigenvalue weighted by molar-refractivity contribution is 0.151. The first-order valence-corrected chi connectivity index (χ1v) is 4.98. The maximum Gasteiger partial charge on any atom is 0.0179 e. The molecule has 0 saturated carbocycles. The summed E-state index contributed by atoms with van der Waals surface area (Å²) in [4.78, 5) is 2.66. The van der Waals surface area contributed by atoms with Gasteiger partial charge in [0, 0.05) is 5.54 Å². The van der Waals surface area contributed by atoms with E-state index in [1.54, 1.807) is 0 Å². The van der Waals surface area contributed by atoms with Crippen molar-refractivity contribution in [2.24, 2.45) is 0 Å². The molecule has 0 aromatic carbocycles. The van der Waals surface area contributed by atoms with E-state index >= 15 is 0 Å². The van der Waals surface area contributed by atoms with E-state index in [1.165, 1.54) is 38.8 Å². The maximum atomic E-state index is 2.66. The van der Waals surface area contributed by atoms with Crippen molar-refractivity contribution in [3.63, 3.8) is 0 Å². The Morgan fingerprint density at radius 1 is 1.36 bits per heavy atom. The van der Waals surface area contributed by atoms with Crippen molar-refractivity contribution in [1.29, 1.82) is 0 Å². The van der Waals surface area contributed by atoms with Crippen LogP contribution in [0.3, 0.4) is 0 Å². The summed E-state index contributed by atoms with van der Waals surface area (Å²) < 4.78 is 0. The van der Waals surface area contributed by atoms with Crippen LogP contribution in [0.1, 0.15) is 46.5 Å². The Morgan fingerprint density at radius 2 is 2.09 bits per heavy atom. The molecule has 1 heteroatoms. The second-order valence-corrected chi connectivity index (χ2v) is 3.94. The third-order valence-corrected chi connectivity index (χ3v) is 3.16. The Balaban J connectivity index is 2.49. The Morgan fingerprint density at radius 3 is 2.64 bits per heavy atom. The lowest BCUT2D eigenvalue weighted by Crippen LogP contribution is -2.40. The van der Waals surface area contributed by atoms with Gasteiger partial charge >= 0.3 is 0 Å². The van der Waals surface area contributed by atoms with Crippen molar-refractivity contribution in [2.45, 2.75) is 52.0 Å². The minimum atomic E-state index is 0.538. The Hall–Kier alpha value is -0.0400. The molecule has 66 valence electrons. The zero-order valence-corrected chi connectivity index (χ0v) is 8.19. The number of rotatable bonds is 3. The predicted molar refractivity (Wildman–Crippen MR) is 49.8 cm³/mol. The van der Waals surface area contributed by atoms with Gasteiger partial charge in [-0.25, -0.2) is 0 Å². The smallest absolute Gasteiger partial charge is 0.0179 e. The summed E-state index contributed by atoms with van der Waals surface area (Å²) in [6, 6.07) is 0. The van der Waals surface area contributed by atoms with Gasteiger partial charge in [-0.1, -0.05) is 13.8 Å². The first-order valence-electron chi connectivity index (χ1n) is 4.98. The molecule has 0 spiro atoms. The summed E-state index contributed by atoms with van der Waals surface area (Å²) in [5.41, 5.74) is 0.538. The third-order valence-electron chi connectivity index (χ3n) is 3.16. The molecular weight excluding hydrogens is 134 g/mol. The van der Waals surface area contributed by atoms with E-state index in [4.69, 9.17) is 0 Å². The molecule has 0 aromatic heterocycles. The van der Waals surface area contributed by atoms with Crippen molar-refractivity contribution in [1.82, 2.24) is 4.90 Å². The van der Waals surface area contributed by atoms with Gasteiger partial charge in [-0.3, -0.25) is 4.90 Å². The summed E-state index contributed by atoms with van der Waals surface area (Å²) in [5, 5.41) is 0. The molecule has 1 rings (SSSR count). The highest BCUT2D eigenvalue weighted by Gasteiger charge is 2.33. The molecule has 1 nitrogen and oxygen atoms in total. The fourth-order valence-corrected chi connectivity index (χ4v) is 2.13. The van der Waals surface area contributed by atoms with E-state index in [9.17, 15) is 0 Å². The van der Waals surface area contributed by atoms with E-state index in [1.807, 2.05) is 0 Å². The van der Waals surface area contributed by atoms with Crippen LogP contribution >= 0.6 is 0 Å². The molecule has 1 saturated heterocycles. The lowest BCUT2D eigenvalue weighted by Gasteiger charge is -2.34. The van der Waals surface area contributed by atoms with Crippen LogP contribution in [0, 0.1) is 0 Å². The lowest BCUT2D eigenvalue weighted by atomic mass is 9.95. The Labute approximate surface area is 70.8 Å². The normalized spacial score (nSPS) is 33.0. The van der Waals surface area contributed by atoms with Gasteiger partial charge < -0.3 is 0 Å². The van der Waals surface area contributed by atoms with E-state index in [2.05, 4.69) is 25.7 Å². The quantitative estimate of drug-likeness (QED) is 0.605. The van der Waals surface area contributed by atoms with Crippen LogP contribution in [0.25, 0.3) is 0 Å². The topological polar surface area (TPSA) is 3.24 Å². The highest BCUT2D eigenvalue weighted by atomic mass is 15.2. The Bertz CT molecular complexity index is 122. The molecule has 1 heterocycles. The fourth-order valence-electron chi connectivity index (χ4n) is 2.13. The predicted octanol–water partition coefficient (Wildman–Crippen LogP) is 2.66. The molecule has 0 aromatic rings. The van der Waals surface area contributed by atoms with Crippen LogP contribution in [-0.4, -0.2) is 23.5 Å². The van der Waals surface area contributed by atoms with E-state index in [-0.39, 0.29) is 0 Å². The minimum absolute atomic E-state index is 0.538. The van der Waals surface area contributed by atoms with Gasteiger partial charge in [-0.2, -0.15) is 0 Å². The molecule has 0 unspecified atom stereocenters. The van der Waals surface area contributed by atoms with Crippen LogP contribution in [-0.2, 0) is 0 Å². The average Bonchev–Trinajstić information content (AvgIpc) is 2.35. The van der Waals surface area contributed by atoms with Crippen molar-refractivity contribution in [3.8, 4) is 0 Å². The molecule has 0 N–H and O–H groups in total. The standard InChI is InChI=1S/C10H21N/c1-4-8-11-9-6-7-10(11,3)5-2/h4-9H2,1-3H3/t10-/m0/s1. The molecule has 11 heavy (non-hydrogen) atoms. The summed E-state index contributed by atoms with van der Waals surface area (Å²) in [7, 11) is 0. The van der Waals surface area contributed by atoms with Crippen molar-refractivity contribution in [2.75, 3.05) is 13.1 Å². The summed E-state index contributed by atoms with van der Waals surface area (Å²) in [6.07, 6.45) is 5.43. The van der Waals surface area contributed by atoms with Crippen molar-refractivity contribution in [3.05, 3.63) is 0 Å². The van der Waals surface area contributed by atoms with Gasteiger partial charge in [0.05, 0.1) is 0 Å². The number of hydrogen-bond acceptors (Lipinski definition) is 1. The van der Waals surface area contributed by atoms with Crippen LogP contribution in [0.2, 0.25) is 0 Å². The molecule has 0 amide bonds. The number of hydrogen-bond donors (Lipinski definition) is 0. The molecule has 0 radical (unpaired) electrons. The fraction of sp³-hybridized carbons (Fsp3) is 1.00. The van der Waals surface area contributed by atoms with E-state index in [0.29, 0.717) is 5.54 Å². The summed E-state index contributed by atoms with van der Waals surface area (Å²) in [5.74, 6) is 0. The molecular formula is C10H21N. The van der Waals surface area contributed by atoms with Gasteiger partial charge in [0.1, 0.15) is 0 Å². The second-order valence-electron chi connectivity index (χ2n) is 3.94. The zero-order chi connectivity index (χ0) is 8.32. The minimum Gasteiger partial charge on any atom is -0.298 e. The zero-order valence-electron chi connectivity index (χ0n) is 8.19. The van der Waals surface area contributed by atoms with Crippen molar-refractivity contribution >= 4 is 0 Å². The van der Waals surface area contributed by atoms with Crippen LogP contribution in [0.5, 0.6) is 0 Å². The largest absolute Gasteiger partial charge is 0.298 e. The molecule has 1 aliphatic heterocycles. The second kappa shape index (κ2) is 3.57.